The summed E-state index contributed by atoms with van der Waals surface area (Å²) in [6.07, 6.45) is -17.1. The Labute approximate surface area is 418 Å². The molecule has 5 aromatic carbocycles. The molecule has 382 valence electrons. The number of rotatable bonds is 23. The highest BCUT2D eigenvalue weighted by Gasteiger charge is 2.55. The third-order valence-corrected chi connectivity index (χ3v) is 12.5. The van der Waals surface area contributed by atoms with Crippen LogP contribution in [-0.2, 0) is 85.2 Å². The number of ether oxygens (including phenoxy) is 10. The Morgan fingerprint density at radius 2 is 1.03 bits per heavy atom. The minimum absolute atomic E-state index is 0.0217. The van der Waals surface area contributed by atoms with Crippen molar-refractivity contribution in [3.05, 3.63) is 190 Å². The van der Waals surface area contributed by atoms with Gasteiger partial charge in [-0.1, -0.05) is 157 Å². The third-order valence-electron chi connectivity index (χ3n) is 12.5. The SMILES string of the molecule is CC(=O)N[C@@H]1[C@@H](O[C@@H]2O[C@H](COCc3ccccc3)[C@H](O)[C@H](O)[C@H]2O)[C@H](O[C@@H]2OC[C@@H](OCc3ccccc3)[C@@H](OCc3ccccc3)[C@@H]2OCc2ccccc2)[C@@H](COCc2ccccc2)O[C@H]1N=[N+]=[N-]. The summed E-state index contributed by atoms with van der Waals surface area (Å²) in [6.45, 7) is 1.73. The van der Waals surface area contributed by atoms with Gasteiger partial charge in [-0.2, -0.15) is 0 Å². The molecule has 0 saturated carbocycles. The summed E-state index contributed by atoms with van der Waals surface area (Å²) in [7, 11) is 0. The lowest BCUT2D eigenvalue weighted by Gasteiger charge is -2.50. The predicted octanol–water partition coefficient (Wildman–Crippen LogP) is 5.65. The minimum atomic E-state index is -1.83. The predicted molar refractivity (Wildman–Crippen MR) is 259 cm³/mol. The summed E-state index contributed by atoms with van der Waals surface area (Å²) in [6, 6.07) is 46.4. The van der Waals surface area contributed by atoms with Crippen molar-refractivity contribution in [1.82, 2.24) is 5.32 Å². The van der Waals surface area contributed by atoms with E-state index >= 15 is 0 Å². The van der Waals surface area contributed by atoms with Crippen LogP contribution < -0.4 is 5.32 Å². The molecule has 3 aliphatic rings. The average molecular weight is 991 g/mol. The monoisotopic (exact) mass is 990 g/mol. The van der Waals surface area contributed by atoms with Gasteiger partial charge in [0.2, 0.25) is 5.91 Å². The van der Waals surface area contributed by atoms with E-state index in [1.165, 1.54) is 6.92 Å². The number of carbonyl (C=O) groups excluding carboxylic acids is 1. The van der Waals surface area contributed by atoms with Crippen LogP contribution in [0, 0.1) is 0 Å². The molecule has 3 heterocycles. The molecule has 1 amide bonds. The van der Waals surface area contributed by atoms with Crippen molar-refractivity contribution in [2.45, 2.75) is 126 Å². The molecule has 3 saturated heterocycles. The summed E-state index contributed by atoms with van der Waals surface area (Å²) in [4.78, 5) is 16.1. The summed E-state index contributed by atoms with van der Waals surface area (Å²) in [5, 5.41) is 40.7. The normalized spacial score (nSPS) is 29.4. The van der Waals surface area contributed by atoms with Gasteiger partial charge in [0, 0.05) is 11.8 Å². The van der Waals surface area contributed by atoms with Crippen LogP contribution in [0.15, 0.2) is 157 Å². The third kappa shape index (κ3) is 14.5. The van der Waals surface area contributed by atoms with Gasteiger partial charge in [-0.05, 0) is 33.3 Å². The summed E-state index contributed by atoms with van der Waals surface area (Å²) in [5.74, 6) is -0.550. The second-order valence-corrected chi connectivity index (χ2v) is 17.8. The molecule has 8 rings (SSSR count). The van der Waals surface area contributed by atoms with Crippen LogP contribution in [0.5, 0.6) is 0 Å². The maximum absolute atomic E-state index is 13.1. The molecule has 0 aliphatic carbocycles. The fourth-order valence-electron chi connectivity index (χ4n) is 8.82. The Morgan fingerprint density at radius 1 is 0.569 bits per heavy atom. The molecule has 0 unspecified atom stereocenters. The van der Waals surface area contributed by atoms with Crippen LogP contribution in [0.4, 0.5) is 0 Å². The summed E-state index contributed by atoms with van der Waals surface area (Å²) in [5.41, 5.74) is 14.3. The number of hydrogen-bond acceptors (Lipinski definition) is 15. The lowest BCUT2D eigenvalue weighted by Crippen LogP contribution is -2.69. The molecule has 14 atom stereocenters. The maximum Gasteiger partial charge on any atom is 0.217 e. The molecule has 72 heavy (non-hydrogen) atoms. The van der Waals surface area contributed by atoms with Gasteiger partial charge in [0.1, 0.15) is 61.0 Å². The molecule has 0 aromatic heterocycles. The fourth-order valence-corrected chi connectivity index (χ4v) is 8.82. The van der Waals surface area contributed by atoms with E-state index in [9.17, 15) is 25.6 Å². The van der Waals surface area contributed by atoms with Gasteiger partial charge >= 0.3 is 0 Å². The first kappa shape index (κ1) is 52.7. The van der Waals surface area contributed by atoms with Gasteiger partial charge in [-0.3, -0.25) is 4.79 Å². The van der Waals surface area contributed by atoms with E-state index in [4.69, 9.17) is 47.4 Å². The molecular formula is C54H62N4O14. The van der Waals surface area contributed by atoms with Crippen molar-refractivity contribution >= 4 is 5.91 Å². The Hall–Kier alpha value is -5.64. The lowest BCUT2D eigenvalue weighted by molar-refractivity contribution is -0.361. The molecule has 5 aromatic rings. The van der Waals surface area contributed by atoms with Crippen molar-refractivity contribution in [1.29, 1.82) is 0 Å². The smallest absolute Gasteiger partial charge is 0.217 e. The number of hydrogen-bond donors (Lipinski definition) is 4. The fraction of sp³-hybridized carbons (Fsp3) is 0.426. The van der Waals surface area contributed by atoms with E-state index in [0.717, 1.165) is 27.8 Å². The van der Waals surface area contributed by atoms with Crippen molar-refractivity contribution in [3.63, 3.8) is 0 Å². The Balaban J connectivity index is 1.14. The number of amides is 1. The Bertz CT molecular complexity index is 2410. The summed E-state index contributed by atoms with van der Waals surface area (Å²) < 4.78 is 65.5. The Kier molecular flexibility index (Phi) is 19.7. The number of benzene rings is 5. The van der Waals surface area contributed by atoms with Crippen molar-refractivity contribution in [3.8, 4) is 0 Å². The number of aliphatic hydroxyl groups excluding tert-OH is 3. The van der Waals surface area contributed by atoms with Crippen LogP contribution in [0.3, 0.4) is 0 Å². The van der Waals surface area contributed by atoms with Crippen LogP contribution in [0.25, 0.3) is 10.4 Å². The first-order chi connectivity index (χ1) is 35.2. The van der Waals surface area contributed by atoms with Crippen LogP contribution in [-0.4, -0.2) is 127 Å². The largest absolute Gasteiger partial charge is 0.387 e. The number of aliphatic hydroxyl groups is 3. The molecule has 0 bridgehead atoms. The topological polar surface area (TPSA) is 231 Å². The number of azide groups is 1. The van der Waals surface area contributed by atoms with Gasteiger partial charge in [0.05, 0.1) is 58.9 Å². The second kappa shape index (κ2) is 26.9. The van der Waals surface area contributed by atoms with Crippen molar-refractivity contribution in [2.75, 3.05) is 19.8 Å². The van der Waals surface area contributed by atoms with E-state index in [-0.39, 0.29) is 52.9 Å². The number of carbonyl (C=O) groups is 1. The number of nitrogens with zero attached hydrogens (tertiary/aromatic N) is 3. The highest BCUT2D eigenvalue weighted by molar-refractivity contribution is 5.73. The molecule has 0 spiro atoms. The second-order valence-electron chi connectivity index (χ2n) is 17.8. The van der Waals surface area contributed by atoms with Gasteiger partial charge in [0.25, 0.3) is 0 Å². The minimum Gasteiger partial charge on any atom is -0.387 e. The van der Waals surface area contributed by atoms with Gasteiger partial charge < -0.3 is 68.0 Å². The van der Waals surface area contributed by atoms with Gasteiger partial charge in [0.15, 0.2) is 18.8 Å². The number of nitrogens with one attached hydrogen (secondary N) is 1. The van der Waals surface area contributed by atoms with E-state index in [2.05, 4.69) is 15.3 Å². The summed E-state index contributed by atoms with van der Waals surface area (Å²) >= 11 is 0. The van der Waals surface area contributed by atoms with Crippen molar-refractivity contribution < 1.29 is 67.5 Å². The van der Waals surface area contributed by atoms with E-state index in [0.29, 0.717) is 0 Å². The van der Waals surface area contributed by atoms with Gasteiger partial charge in [-0.25, -0.2) is 0 Å². The highest BCUT2D eigenvalue weighted by atomic mass is 16.8. The van der Waals surface area contributed by atoms with Crippen LogP contribution in [0.2, 0.25) is 0 Å². The highest BCUT2D eigenvalue weighted by Crippen LogP contribution is 2.36. The quantitative estimate of drug-likeness (QED) is 0.0352. The van der Waals surface area contributed by atoms with Crippen molar-refractivity contribution in [2.24, 2.45) is 5.11 Å². The lowest BCUT2D eigenvalue weighted by atomic mass is 9.94. The van der Waals surface area contributed by atoms with E-state index in [1.807, 2.05) is 152 Å². The Morgan fingerprint density at radius 3 is 1.53 bits per heavy atom. The molecule has 3 fully saturated rings. The van der Waals surface area contributed by atoms with Crippen LogP contribution in [0.1, 0.15) is 34.7 Å². The molecule has 18 heteroatoms. The van der Waals surface area contributed by atoms with Crippen LogP contribution >= 0.6 is 0 Å². The first-order valence-electron chi connectivity index (χ1n) is 24.0. The molecule has 18 nitrogen and oxygen atoms in total. The molecule has 3 aliphatic heterocycles. The van der Waals surface area contributed by atoms with E-state index in [1.54, 1.807) is 0 Å². The zero-order valence-electron chi connectivity index (χ0n) is 39.8. The first-order valence-corrected chi connectivity index (χ1v) is 24.0. The zero-order chi connectivity index (χ0) is 50.1. The van der Waals surface area contributed by atoms with E-state index < -0.39 is 91.8 Å². The molecule has 4 N–H and O–H groups in total. The molecule has 0 radical (unpaired) electrons. The molecular weight excluding hydrogens is 929 g/mol. The zero-order valence-corrected chi connectivity index (χ0v) is 39.8. The average Bonchev–Trinajstić information content (AvgIpc) is 3.41. The standard InChI is InChI=1S/C54H62N4O14/c1-35(59)56-44-50(72-53-47(62)46(61)45(60)41(70-53)32-63-27-36-17-7-2-8-18-36)49(43(69-52(44)57-58-55)33-64-28-37-19-9-3-10-20-37)71-54-51(67-31-40-25-15-6-16-26-40)48(66-30-39-23-13-5-14-24-39)42(34-68-54)65-29-38-21-11-4-12-22-38/h2-26,41-54,60-62H,27-34H2,1H3,(H,56,59)/t41-,42-,43-,44-,45+,46+,47-,48-,49-,50-,51+,52-,53+,54+/m1/s1. The maximum atomic E-state index is 13.1. The van der Waals surface area contributed by atoms with Gasteiger partial charge in [-0.15, -0.1) is 0 Å².